The summed E-state index contributed by atoms with van der Waals surface area (Å²) in [5.41, 5.74) is 7.89. The standard InChI is InChI=1S/C14H20N4O/c1-4-8(2)9(3)18-13-6-12-10(5-11(13)15)14(19)17-7-16-12/h5-9,18H,4,15H2,1-3H3,(H,16,17,19). The van der Waals surface area contributed by atoms with Gasteiger partial charge < -0.3 is 16.0 Å². The number of hydrogen-bond donors (Lipinski definition) is 3. The number of hydrogen-bond acceptors (Lipinski definition) is 4. The first-order valence-electron chi connectivity index (χ1n) is 6.56. The summed E-state index contributed by atoms with van der Waals surface area (Å²) >= 11 is 0. The summed E-state index contributed by atoms with van der Waals surface area (Å²) < 4.78 is 0. The Morgan fingerprint density at radius 2 is 2.16 bits per heavy atom. The first kappa shape index (κ1) is 13.4. The van der Waals surface area contributed by atoms with Crippen molar-refractivity contribution in [2.75, 3.05) is 11.1 Å². The number of nitrogens with two attached hydrogens (primary N) is 1. The monoisotopic (exact) mass is 260 g/mol. The Morgan fingerprint density at radius 3 is 2.84 bits per heavy atom. The van der Waals surface area contributed by atoms with Crippen molar-refractivity contribution < 1.29 is 0 Å². The van der Waals surface area contributed by atoms with Crippen LogP contribution in [0.3, 0.4) is 0 Å². The highest BCUT2D eigenvalue weighted by atomic mass is 16.1. The predicted molar refractivity (Wildman–Crippen MR) is 79.3 cm³/mol. The molecular formula is C14H20N4O. The quantitative estimate of drug-likeness (QED) is 0.737. The Labute approximate surface area is 112 Å². The Balaban J connectivity index is 2.39. The van der Waals surface area contributed by atoms with Crippen molar-refractivity contribution in [3.8, 4) is 0 Å². The molecule has 5 heteroatoms. The maximum absolute atomic E-state index is 11.6. The fourth-order valence-corrected chi connectivity index (χ4v) is 2.00. The Bertz CT molecular complexity index is 635. The van der Waals surface area contributed by atoms with Gasteiger partial charge >= 0.3 is 0 Å². The van der Waals surface area contributed by atoms with Crippen LogP contribution < -0.4 is 16.6 Å². The molecule has 1 heterocycles. The van der Waals surface area contributed by atoms with Crippen molar-refractivity contribution in [1.29, 1.82) is 0 Å². The number of H-pyrrole nitrogens is 1. The molecule has 102 valence electrons. The van der Waals surface area contributed by atoms with Crippen LogP contribution in [-0.2, 0) is 0 Å². The molecule has 1 aromatic heterocycles. The molecule has 2 atom stereocenters. The number of nitrogen functional groups attached to an aromatic ring is 1. The van der Waals surface area contributed by atoms with E-state index in [1.54, 1.807) is 6.07 Å². The molecule has 0 bridgehead atoms. The third kappa shape index (κ3) is 2.70. The Kier molecular flexibility index (Phi) is 3.74. The van der Waals surface area contributed by atoms with Gasteiger partial charge in [0, 0.05) is 6.04 Å². The Hall–Kier alpha value is -2.04. The zero-order chi connectivity index (χ0) is 14.0. The van der Waals surface area contributed by atoms with Gasteiger partial charge in [-0.05, 0) is 25.0 Å². The van der Waals surface area contributed by atoms with Crippen molar-refractivity contribution in [2.24, 2.45) is 5.92 Å². The third-order valence-electron chi connectivity index (χ3n) is 3.69. The maximum atomic E-state index is 11.6. The zero-order valence-corrected chi connectivity index (χ0v) is 11.5. The highest BCUT2D eigenvalue weighted by molar-refractivity contribution is 5.88. The number of nitrogens with one attached hydrogen (secondary N) is 2. The van der Waals surface area contributed by atoms with E-state index < -0.39 is 0 Å². The van der Waals surface area contributed by atoms with Crippen molar-refractivity contribution in [3.05, 3.63) is 28.8 Å². The van der Waals surface area contributed by atoms with Crippen LogP contribution in [0.25, 0.3) is 10.9 Å². The van der Waals surface area contributed by atoms with Crippen molar-refractivity contribution in [2.45, 2.75) is 33.2 Å². The van der Waals surface area contributed by atoms with Gasteiger partial charge in [-0.3, -0.25) is 4.79 Å². The van der Waals surface area contributed by atoms with Crippen LogP contribution >= 0.6 is 0 Å². The maximum Gasteiger partial charge on any atom is 0.258 e. The lowest BCUT2D eigenvalue weighted by molar-refractivity contribution is 0.495. The summed E-state index contributed by atoms with van der Waals surface area (Å²) in [5, 5.41) is 3.91. The topological polar surface area (TPSA) is 83.8 Å². The minimum atomic E-state index is -0.168. The van der Waals surface area contributed by atoms with Crippen LogP contribution in [0.1, 0.15) is 27.2 Å². The van der Waals surface area contributed by atoms with Gasteiger partial charge in [-0.15, -0.1) is 0 Å². The second-order valence-corrected chi connectivity index (χ2v) is 5.01. The second-order valence-electron chi connectivity index (χ2n) is 5.01. The van der Waals surface area contributed by atoms with Gasteiger partial charge in [-0.1, -0.05) is 20.3 Å². The molecule has 19 heavy (non-hydrogen) atoms. The fourth-order valence-electron chi connectivity index (χ4n) is 2.00. The summed E-state index contributed by atoms with van der Waals surface area (Å²) in [5.74, 6) is 0.544. The number of aromatic amines is 1. The molecular weight excluding hydrogens is 240 g/mol. The van der Waals surface area contributed by atoms with Crippen molar-refractivity contribution >= 4 is 22.3 Å². The molecule has 4 N–H and O–H groups in total. The Morgan fingerprint density at radius 1 is 1.42 bits per heavy atom. The van der Waals surface area contributed by atoms with Crippen molar-refractivity contribution in [3.63, 3.8) is 0 Å². The van der Waals surface area contributed by atoms with E-state index >= 15 is 0 Å². The van der Waals surface area contributed by atoms with Crippen LogP contribution in [0.2, 0.25) is 0 Å². The van der Waals surface area contributed by atoms with Crippen LogP contribution in [0.4, 0.5) is 11.4 Å². The van der Waals surface area contributed by atoms with E-state index in [0.29, 0.717) is 28.6 Å². The van der Waals surface area contributed by atoms with E-state index in [0.717, 1.165) is 12.1 Å². The molecule has 0 spiro atoms. The number of nitrogens with zero attached hydrogens (tertiary/aromatic N) is 1. The first-order valence-corrected chi connectivity index (χ1v) is 6.56. The highest BCUT2D eigenvalue weighted by Gasteiger charge is 2.12. The average Bonchev–Trinajstić information content (AvgIpc) is 2.40. The first-order chi connectivity index (χ1) is 9.02. The highest BCUT2D eigenvalue weighted by Crippen LogP contribution is 2.25. The summed E-state index contributed by atoms with van der Waals surface area (Å²) in [6, 6.07) is 3.82. The predicted octanol–water partition coefficient (Wildman–Crippen LogP) is 2.35. The van der Waals surface area contributed by atoms with Crippen LogP contribution in [0.15, 0.2) is 23.3 Å². The van der Waals surface area contributed by atoms with E-state index in [1.807, 2.05) is 6.07 Å². The van der Waals surface area contributed by atoms with Gasteiger partial charge in [0.2, 0.25) is 0 Å². The molecule has 2 aromatic rings. The van der Waals surface area contributed by atoms with Gasteiger partial charge in [-0.2, -0.15) is 0 Å². The normalized spacial score (nSPS) is 14.3. The summed E-state index contributed by atoms with van der Waals surface area (Å²) in [4.78, 5) is 18.4. The lowest BCUT2D eigenvalue weighted by atomic mass is 10.0. The SMILES string of the molecule is CCC(C)C(C)Nc1cc2nc[nH]c(=O)c2cc1N. The van der Waals surface area contributed by atoms with E-state index in [1.165, 1.54) is 6.33 Å². The average molecular weight is 260 g/mol. The van der Waals surface area contributed by atoms with E-state index in [-0.39, 0.29) is 5.56 Å². The molecule has 0 saturated heterocycles. The van der Waals surface area contributed by atoms with Gasteiger partial charge in [-0.25, -0.2) is 4.98 Å². The lowest BCUT2D eigenvalue weighted by Gasteiger charge is -2.22. The molecule has 0 radical (unpaired) electrons. The molecule has 5 nitrogen and oxygen atoms in total. The molecule has 0 fully saturated rings. The van der Waals surface area contributed by atoms with Crippen molar-refractivity contribution in [1.82, 2.24) is 9.97 Å². The summed E-state index contributed by atoms with van der Waals surface area (Å²) in [6.45, 7) is 6.48. The van der Waals surface area contributed by atoms with E-state index in [4.69, 9.17) is 5.73 Å². The van der Waals surface area contributed by atoms with Gasteiger partial charge in [0.05, 0.1) is 28.6 Å². The molecule has 1 aromatic carbocycles. The smallest absolute Gasteiger partial charge is 0.258 e. The summed E-state index contributed by atoms with van der Waals surface area (Å²) in [7, 11) is 0. The van der Waals surface area contributed by atoms with Gasteiger partial charge in [0.15, 0.2) is 0 Å². The largest absolute Gasteiger partial charge is 0.397 e. The molecule has 0 aliphatic heterocycles. The molecule has 0 saturated carbocycles. The molecule has 2 unspecified atom stereocenters. The number of anilines is 2. The number of rotatable bonds is 4. The molecule has 0 aliphatic rings. The van der Waals surface area contributed by atoms with Gasteiger partial charge in [0.25, 0.3) is 5.56 Å². The molecule has 2 rings (SSSR count). The van der Waals surface area contributed by atoms with E-state index in [2.05, 4.69) is 36.1 Å². The molecule has 0 amide bonds. The second kappa shape index (κ2) is 5.30. The zero-order valence-electron chi connectivity index (χ0n) is 11.5. The van der Waals surface area contributed by atoms with Crippen LogP contribution in [0, 0.1) is 5.92 Å². The van der Waals surface area contributed by atoms with Gasteiger partial charge in [0.1, 0.15) is 0 Å². The van der Waals surface area contributed by atoms with E-state index in [9.17, 15) is 4.79 Å². The fraction of sp³-hybridized carbons (Fsp3) is 0.429. The third-order valence-corrected chi connectivity index (χ3v) is 3.69. The lowest BCUT2D eigenvalue weighted by Crippen LogP contribution is -2.23. The summed E-state index contributed by atoms with van der Waals surface area (Å²) in [6.07, 6.45) is 2.50. The number of aromatic nitrogens is 2. The van der Waals surface area contributed by atoms with Crippen LogP contribution in [-0.4, -0.2) is 16.0 Å². The molecule has 0 aliphatic carbocycles. The minimum Gasteiger partial charge on any atom is -0.397 e. The number of benzene rings is 1. The minimum absolute atomic E-state index is 0.168. The van der Waals surface area contributed by atoms with Crippen LogP contribution in [0.5, 0.6) is 0 Å². The number of fused-ring (bicyclic) bond motifs is 1.